The molecule has 0 amide bonds. The highest BCUT2D eigenvalue weighted by atomic mass is 16.5. The topological polar surface area (TPSA) is 68.1 Å². The normalized spacial score (nSPS) is 22.1. The molecule has 1 fully saturated rings. The first-order chi connectivity index (χ1) is 6.77. The van der Waals surface area contributed by atoms with Crippen LogP contribution >= 0.6 is 0 Å². The molecule has 4 heteroatoms. The van der Waals surface area contributed by atoms with Crippen molar-refractivity contribution in [1.82, 2.24) is 4.98 Å². The van der Waals surface area contributed by atoms with Gasteiger partial charge >= 0.3 is 0 Å². The van der Waals surface area contributed by atoms with Gasteiger partial charge in [0, 0.05) is 12.3 Å². The number of nitrogen functional groups attached to an aromatic ring is 1. The molecule has 4 nitrogen and oxygen atoms in total. The Hall–Kier alpha value is -1.29. The van der Waals surface area contributed by atoms with E-state index in [-0.39, 0.29) is 17.4 Å². The number of nitrogens with two attached hydrogens (primary N) is 1. The molecule has 0 saturated carbocycles. The number of H-pyrrole nitrogens is 1. The molecule has 0 aliphatic carbocycles. The highest BCUT2D eigenvalue weighted by Gasteiger charge is 2.16. The van der Waals surface area contributed by atoms with Gasteiger partial charge in [-0.15, -0.1) is 0 Å². The number of nitrogens with one attached hydrogen (secondary N) is 1. The average Bonchev–Trinajstić information content (AvgIpc) is 2.23. The molecule has 1 saturated heterocycles. The number of anilines is 1. The van der Waals surface area contributed by atoms with Crippen LogP contribution in [0.3, 0.4) is 0 Å². The zero-order chi connectivity index (χ0) is 9.97. The lowest BCUT2D eigenvalue weighted by molar-refractivity contribution is 0.0122. The van der Waals surface area contributed by atoms with Gasteiger partial charge in [0.1, 0.15) is 0 Å². The summed E-state index contributed by atoms with van der Waals surface area (Å²) in [4.78, 5) is 14.0. The summed E-state index contributed by atoms with van der Waals surface area (Å²) in [5.41, 5.74) is 6.30. The van der Waals surface area contributed by atoms with Gasteiger partial charge in [0.05, 0.1) is 11.8 Å². The summed E-state index contributed by atoms with van der Waals surface area (Å²) in [6.07, 6.45) is 3.27. The molecule has 1 aliphatic heterocycles. The van der Waals surface area contributed by atoms with E-state index in [0.29, 0.717) is 0 Å². The Labute approximate surface area is 82.1 Å². The third-order valence-corrected chi connectivity index (χ3v) is 2.49. The van der Waals surface area contributed by atoms with Crippen LogP contribution in [0, 0.1) is 0 Å². The fourth-order valence-corrected chi connectivity index (χ4v) is 1.67. The van der Waals surface area contributed by atoms with Gasteiger partial charge in [0.15, 0.2) is 0 Å². The Bertz CT molecular complexity index is 367. The van der Waals surface area contributed by atoms with Crippen LogP contribution in [0.2, 0.25) is 0 Å². The molecule has 1 aromatic rings. The van der Waals surface area contributed by atoms with Crippen LogP contribution in [0.5, 0.6) is 0 Å². The van der Waals surface area contributed by atoms with Crippen molar-refractivity contribution in [2.24, 2.45) is 0 Å². The molecule has 0 spiro atoms. The summed E-state index contributed by atoms with van der Waals surface area (Å²) in [6.45, 7) is 0.775. The number of hydrogen-bond acceptors (Lipinski definition) is 3. The number of aromatic amines is 1. The zero-order valence-corrected chi connectivity index (χ0v) is 7.95. The van der Waals surface area contributed by atoms with Crippen LogP contribution in [-0.4, -0.2) is 11.6 Å². The van der Waals surface area contributed by atoms with E-state index in [4.69, 9.17) is 10.5 Å². The quantitative estimate of drug-likeness (QED) is 0.705. The monoisotopic (exact) mass is 194 g/mol. The van der Waals surface area contributed by atoms with Crippen LogP contribution in [-0.2, 0) is 4.74 Å². The number of pyridine rings is 1. The zero-order valence-electron chi connectivity index (χ0n) is 7.95. The van der Waals surface area contributed by atoms with E-state index >= 15 is 0 Å². The largest absolute Gasteiger partial charge is 0.394 e. The van der Waals surface area contributed by atoms with Gasteiger partial charge < -0.3 is 15.5 Å². The highest BCUT2D eigenvalue weighted by Crippen LogP contribution is 2.25. The van der Waals surface area contributed by atoms with Crippen LogP contribution < -0.4 is 11.3 Å². The predicted octanol–water partition coefficient (Wildman–Crippen LogP) is 1.20. The van der Waals surface area contributed by atoms with E-state index in [0.717, 1.165) is 31.6 Å². The lowest BCUT2D eigenvalue weighted by Crippen LogP contribution is -2.18. The maximum Gasteiger partial charge on any atom is 0.271 e. The fraction of sp³-hybridized carbons (Fsp3) is 0.500. The van der Waals surface area contributed by atoms with Gasteiger partial charge in [-0.2, -0.15) is 0 Å². The van der Waals surface area contributed by atoms with E-state index in [1.165, 1.54) is 0 Å². The maximum atomic E-state index is 11.2. The second-order valence-electron chi connectivity index (χ2n) is 3.55. The van der Waals surface area contributed by atoms with E-state index in [9.17, 15) is 4.79 Å². The lowest BCUT2D eigenvalue weighted by Gasteiger charge is -2.22. The van der Waals surface area contributed by atoms with Gasteiger partial charge in [0.2, 0.25) is 0 Å². The Morgan fingerprint density at radius 1 is 1.43 bits per heavy atom. The van der Waals surface area contributed by atoms with E-state index in [2.05, 4.69) is 4.98 Å². The summed E-state index contributed by atoms with van der Waals surface area (Å²) in [7, 11) is 0. The molecule has 1 aromatic heterocycles. The summed E-state index contributed by atoms with van der Waals surface area (Å²) in [5, 5.41) is 0. The van der Waals surface area contributed by atoms with Crippen LogP contribution in [0.1, 0.15) is 31.1 Å². The minimum atomic E-state index is -0.225. The fourth-order valence-electron chi connectivity index (χ4n) is 1.67. The van der Waals surface area contributed by atoms with Crippen molar-refractivity contribution >= 4 is 5.69 Å². The first-order valence-corrected chi connectivity index (χ1v) is 4.87. The number of aromatic nitrogens is 1. The molecular formula is C10H14N2O2. The molecule has 1 aliphatic rings. The molecule has 0 bridgehead atoms. The number of rotatable bonds is 1. The molecule has 1 atom stereocenters. The van der Waals surface area contributed by atoms with Crippen LogP contribution in [0.15, 0.2) is 16.9 Å². The second-order valence-corrected chi connectivity index (χ2v) is 3.55. The molecule has 1 unspecified atom stereocenters. The summed E-state index contributed by atoms with van der Waals surface area (Å²) in [5.74, 6) is 0. The van der Waals surface area contributed by atoms with Crippen molar-refractivity contribution in [3.63, 3.8) is 0 Å². The third kappa shape index (κ3) is 1.80. The lowest BCUT2D eigenvalue weighted by atomic mass is 10.1. The van der Waals surface area contributed by atoms with Crippen molar-refractivity contribution in [2.75, 3.05) is 12.3 Å². The molecule has 76 valence electrons. The summed E-state index contributed by atoms with van der Waals surface area (Å²) >= 11 is 0. The molecular weight excluding hydrogens is 180 g/mol. The molecule has 0 aromatic carbocycles. The van der Waals surface area contributed by atoms with Crippen LogP contribution in [0.4, 0.5) is 5.69 Å². The minimum Gasteiger partial charge on any atom is -0.394 e. The SMILES string of the molecule is Nc1ccc(C2CCCCO2)[nH]c1=O. The van der Waals surface area contributed by atoms with Crippen LogP contribution in [0.25, 0.3) is 0 Å². The summed E-state index contributed by atoms with van der Waals surface area (Å²) < 4.78 is 5.55. The minimum absolute atomic E-state index is 0.0389. The van der Waals surface area contributed by atoms with Crippen molar-refractivity contribution in [1.29, 1.82) is 0 Å². The van der Waals surface area contributed by atoms with Crippen molar-refractivity contribution < 1.29 is 4.74 Å². The Morgan fingerprint density at radius 2 is 2.29 bits per heavy atom. The smallest absolute Gasteiger partial charge is 0.271 e. The molecule has 14 heavy (non-hydrogen) atoms. The number of hydrogen-bond donors (Lipinski definition) is 2. The number of ether oxygens (including phenoxy) is 1. The highest BCUT2D eigenvalue weighted by molar-refractivity contribution is 5.35. The molecule has 0 radical (unpaired) electrons. The Morgan fingerprint density at radius 3 is 2.93 bits per heavy atom. The Balaban J connectivity index is 2.23. The molecule has 3 N–H and O–H groups in total. The van der Waals surface area contributed by atoms with Gasteiger partial charge in [0.25, 0.3) is 5.56 Å². The first kappa shape index (κ1) is 9.27. The molecule has 2 heterocycles. The van der Waals surface area contributed by atoms with E-state index in [1.54, 1.807) is 6.07 Å². The van der Waals surface area contributed by atoms with E-state index < -0.39 is 0 Å². The first-order valence-electron chi connectivity index (χ1n) is 4.87. The predicted molar refractivity (Wildman–Crippen MR) is 54.0 cm³/mol. The Kier molecular flexibility index (Phi) is 2.54. The maximum absolute atomic E-state index is 11.2. The van der Waals surface area contributed by atoms with Gasteiger partial charge in [-0.25, -0.2) is 0 Å². The average molecular weight is 194 g/mol. The standard InChI is InChI=1S/C10H14N2O2/c11-7-4-5-8(12-10(7)13)9-3-1-2-6-14-9/h4-5,9H,1-3,6,11H2,(H,12,13). The third-order valence-electron chi connectivity index (χ3n) is 2.49. The summed E-state index contributed by atoms with van der Waals surface area (Å²) in [6, 6.07) is 3.46. The van der Waals surface area contributed by atoms with Crippen molar-refractivity contribution in [2.45, 2.75) is 25.4 Å². The van der Waals surface area contributed by atoms with Crippen molar-refractivity contribution in [3.05, 3.63) is 28.2 Å². The second kappa shape index (κ2) is 3.84. The van der Waals surface area contributed by atoms with Crippen molar-refractivity contribution in [3.8, 4) is 0 Å². The van der Waals surface area contributed by atoms with E-state index in [1.807, 2.05) is 6.07 Å². The van der Waals surface area contributed by atoms with Gasteiger partial charge in [-0.1, -0.05) is 0 Å². The van der Waals surface area contributed by atoms with Gasteiger partial charge in [-0.3, -0.25) is 4.79 Å². The van der Waals surface area contributed by atoms with Gasteiger partial charge in [-0.05, 0) is 31.4 Å². The molecule has 2 rings (SSSR count).